The summed E-state index contributed by atoms with van der Waals surface area (Å²) in [6.07, 6.45) is -0.343. The topological polar surface area (TPSA) is 94.0 Å². The summed E-state index contributed by atoms with van der Waals surface area (Å²) in [6, 6.07) is 4.45. The largest absolute Gasteiger partial charge is 0.416 e. The summed E-state index contributed by atoms with van der Waals surface area (Å²) in [5, 5.41) is 17.4. The van der Waals surface area contributed by atoms with Gasteiger partial charge in [-0.1, -0.05) is 11.2 Å². The van der Waals surface area contributed by atoms with Gasteiger partial charge in [0.15, 0.2) is 0 Å². The van der Waals surface area contributed by atoms with Gasteiger partial charge in [0.1, 0.15) is 0 Å². The molecule has 1 saturated heterocycles. The molecule has 1 heterocycles. The van der Waals surface area contributed by atoms with Gasteiger partial charge >= 0.3 is 6.18 Å². The van der Waals surface area contributed by atoms with Crippen molar-refractivity contribution >= 4 is 17.5 Å². The minimum absolute atomic E-state index is 0.0316. The standard InChI is InChI=1S/C20H25F3N4O3/c21-20(22,23)14-3-1-2-13(10-14)19(29)24-11-18(28)25-16-8-9-27(12-16)17-6-4-15(26-30)5-7-17/h1-3,10,16-17,30H,4-9,11-12H2,(H,24,29)(H,25,28)/t16-,17?/m1/s1. The Labute approximate surface area is 172 Å². The lowest BCUT2D eigenvalue weighted by molar-refractivity contribution is -0.137. The molecule has 3 rings (SSSR count). The molecule has 1 aromatic carbocycles. The molecule has 0 spiro atoms. The van der Waals surface area contributed by atoms with E-state index in [1.54, 1.807) is 0 Å². The number of carbonyl (C=O) groups is 2. The Morgan fingerprint density at radius 3 is 2.60 bits per heavy atom. The molecule has 3 N–H and O–H groups in total. The molecule has 2 fully saturated rings. The van der Waals surface area contributed by atoms with Crippen LogP contribution >= 0.6 is 0 Å². The molecule has 0 radical (unpaired) electrons. The molecule has 0 unspecified atom stereocenters. The van der Waals surface area contributed by atoms with Crippen LogP contribution in [-0.4, -0.2) is 59.4 Å². The molecule has 0 bridgehead atoms. The molecule has 1 aliphatic carbocycles. The van der Waals surface area contributed by atoms with Crippen molar-refractivity contribution in [3.8, 4) is 0 Å². The molecule has 2 aliphatic rings. The zero-order chi connectivity index (χ0) is 21.7. The normalized spacial score (nSPS) is 22.6. The molecule has 164 valence electrons. The Morgan fingerprint density at radius 2 is 1.93 bits per heavy atom. The van der Waals surface area contributed by atoms with Gasteiger partial charge in [0, 0.05) is 30.7 Å². The van der Waals surface area contributed by atoms with Gasteiger partial charge in [-0.15, -0.1) is 0 Å². The zero-order valence-corrected chi connectivity index (χ0v) is 16.4. The predicted molar refractivity (Wildman–Crippen MR) is 103 cm³/mol. The van der Waals surface area contributed by atoms with E-state index in [1.165, 1.54) is 6.07 Å². The summed E-state index contributed by atoms with van der Waals surface area (Å²) in [4.78, 5) is 26.6. The first-order chi connectivity index (χ1) is 14.3. The summed E-state index contributed by atoms with van der Waals surface area (Å²) in [6.45, 7) is 1.27. The van der Waals surface area contributed by atoms with Crippen molar-refractivity contribution in [2.75, 3.05) is 19.6 Å². The van der Waals surface area contributed by atoms with E-state index in [2.05, 4.69) is 20.7 Å². The summed E-state index contributed by atoms with van der Waals surface area (Å²) in [5.41, 5.74) is -0.231. The van der Waals surface area contributed by atoms with Gasteiger partial charge in [0.25, 0.3) is 5.91 Å². The first kappa shape index (κ1) is 22.1. The van der Waals surface area contributed by atoms with Gasteiger partial charge < -0.3 is 15.8 Å². The second kappa shape index (κ2) is 9.46. The van der Waals surface area contributed by atoms with Gasteiger partial charge in [0.2, 0.25) is 5.91 Å². The number of nitrogens with zero attached hydrogens (tertiary/aromatic N) is 2. The van der Waals surface area contributed by atoms with Gasteiger partial charge in [-0.3, -0.25) is 14.5 Å². The first-order valence-corrected chi connectivity index (χ1v) is 9.95. The third kappa shape index (κ3) is 5.71. The second-order valence-corrected chi connectivity index (χ2v) is 7.71. The van der Waals surface area contributed by atoms with E-state index in [0.29, 0.717) is 12.6 Å². The monoisotopic (exact) mass is 426 g/mol. The smallest absolute Gasteiger partial charge is 0.411 e. The Kier molecular flexibility index (Phi) is 6.96. The van der Waals surface area contributed by atoms with E-state index in [0.717, 1.165) is 62.6 Å². The van der Waals surface area contributed by atoms with Gasteiger partial charge in [-0.25, -0.2) is 0 Å². The van der Waals surface area contributed by atoms with Crippen LogP contribution in [0.25, 0.3) is 0 Å². The summed E-state index contributed by atoms with van der Waals surface area (Å²) in [5.74, 6) is -1.10. The van der Waals surface area contributed by atoms with Crippen LogP contribution in [0.3, 0.4) is 0 Å². The van der Waals surface area contributed by atoms with Gasteiger partial charge in [-0.2, -0.15) is 13.2 Å². The highest BCUT2D eigenvalue weighted by atomic mass is 19.4. The Balaban J connectivity index is 1.43. The fraction of sp³-hybridized carbons (Fsp3) is 0.550. The van der Waals surface area contributed by atoms with Crippen LogP contribution in [-0.2, 0) is 11.0 Å². The number of likely N-dealkylation sites (tertiary alicyclic amines) is 1. The predicted octanol–water partition coefficient (Wildman–Crippen LogP) is 2.40. The van der Waals surface area contributed by atoms with Crippen molar-refractivity contribution in [1.29, 1.82) is 0 Å². The second-order valence-electron chi connectivity index (χ2n) is 7.71. The number of rotatable bonds is 5. The average Bonchev–Trinajstić information content (AvgIpc) is 3.20. The first-order valence-electron chi connectivity index (χ1n) is 9.95. The van der Waals surface area contributed by atoms with Crippen LogP contribution in [0.5, 0.6) is 0 Å². The van der Waals surface area contributed by atoms with Crippen molar-refractivity contribution in [3.05, 3.63) is 35.4 Å². The maximum atomic E-state index is 12.8. The van der Waals surface area contributed by atoms with E-state index in [1.807, 2.05) is 0 Å². The lowest BCUT2D eigenvalue weighted by atomic mass is 9.93. The van der Waals surface area contributed by atoms with Crippen molar-refractivity contribution in [2.24, 2.45) is 5.16 Å². The third-order valence-corrected chi connectivity index (χ3v) is 5.64. The van der Waals surface area contributed by atoms with Crippen LogP contribution in [0.4, 0.5) is 13.2 Å². The van der Waals surface area contributed by atoms with Gasteiger partial charge in [0.05, 0.1) is 17.8 Å². The minimum atomic E-state index is -4.53. The molecular weight excluding hydrogens is 401 g/mol. The van der Waals surface area contributed by atoms with Crippen molar-refractivity contribution in [3.63, 3.8) is 0 Å². The molecule has 7 nitrogen and oxygen atoms in total. The van der Waals surface area contributed by atoms with E-state index >= 15 is 0 Å². The van der Waals surface area contributed by atoms with Crippen LogP contribution in [0.1, 0.15) is 48.0 Å². The van der Waals surface area contributed by atoms with E-state index in [-0.39, 0.29) is 24.1 Å². The number of carbonyl (C=O) groups excluding carboxylic acids is 2. The molecule has 0 aromatic heterocycles. The molecule has 1 aliphatic heterocycles. The SMILES string of the molecule is O=C(CNC(=O)c1cccc(C(F)(F)F)c1)N[C@@H]1CCN(C2CCC(=NO)CC2)C1. The minimum Gasteiger partial charge on any atom is -0.411 e. The van der Waals surface area contributed by atoms with E-state index < -0.39 is 17.6 Å². The Bertz CT molecular complexity index is 803. The number of benzene rings is 1. The Morgan fingerprint density at radius 1 is 1.20 bits per heavy atom. The molecule has 1 atom stereocenters. The lowest BCUT2D eigenvalue weighted by Crippen LogP contribution is -2.44. The Hall–Kier alpha value is -2.62. The molecule has 1 aromatic rings. The molecule has 2 amide bonds. The lowest BCUT2D eigenvalue weighted by Gasteiger charge is -2.31. The molecule has 1 saturated carbocycles. The summed E-state index contributed by atoms with van der Waals surface area (Å²) >= 11 is 0. The maximum Gasteiger partial charge on any atom is 0.416 e. The highest BCUT2D eigenvalue weighted by molar-refractivity contribution is 5.96. The maximum absolute atomic E-state index is 12.8. The quantitative estimate of drug-likeness (QED) is 0.498. The third-order valence-electron chi connectivity index (χ3n) is 5.64. The number of alkyl halides is 3. The van der Waals surface area contributed by atoms with Crippen molar-refractivity contribution in [2.45, 2.75) is 50.4 Å². The number of halogens is 3. The molecular formula is C20H25F3N4O3. The fourth-order valence-electron chi connectivity index (χ4n) is 4.02. The van der Waals surface area contributed by atoms with Crippen LogP contribution in [0.15, 0.2) is 29.4 Å². The highest BCUT2D eigenvalue weighted by Gasteiger charge is 2.32. The van der Waals surface area contributed by atoms with Crippen LogP contribution in [0.2, 0.25) is 0 Å². The number of amides is 2. The highest BCUT2D eigenvalue weighted by Crippen LogP contribution is 2.29. The number of nitrogens with one attached hydrogen (secondary N) is 2. The zero-order valence-electron chi connectivity index (χ0n) is 16.4. The van der Waals surface area contributed by atoms with Crippen LogP contribution in [0, 0.1) is 0 Å². The van der Waals surface area contributed by atoms with Crippen molar-refractivity contribution < 1.29 is 28.0 Å². The molecule has 30 heavy (non-hydrogen) atoms. The van der Waals surface area contributed by atoms with E-state index in [9.17, 15) is 22.8 Å². The fourth-order valence-corrected chi connectivity index (χ4v) is 4.02. The summed E-state index contributed by atoms with van der Waals surface area (Å²) < 4.78 is 38.3. The summed E-state index contributed by atoms with van der Waals surface area (Å²) in [7, 11) is 0. The van der Waals surface area contributed by atoms with E-state index in [4.69, 9.17) is 5.21 Å². The van der Waals surface area contributed by atoms with Crippen molar-refractivity contribution in [1.82, 2.24) is 15.5 Å². The van der Waals surface area contributed by atoms with Gasteiger partial charge in [-0.05, 0) is 50.3 Å². The molecule has 10 heteroatoms. The average molecular weight is 426 g/mol. The number of hydrogen-bond donors (Lipinski definition) is 3. The number of hydrogen-bond acceptors (Lipinski definition) is 5. The van der Waals surface area contributed by atoms with Crippen LogP contribution < -0.4 is 10.6 Å². The number of oxime groups is 1.